The highest BCUT2D eigenvalue weighted by Gasteiger charge is 2.38. The monoisotopic (exact) mass is 267 g/mol. The van der Waals surface area contributed by atoms with Crippen molar-refractivity contribution in [2.45, 2.75) is 31.3 Å². The van der Waals surface area contributed by atoms with E-state index in [2.05, 4.69) is 10.6 Å². The molecule has 3 aliphatic rings. The second-order valence-corrected chi connectivity index (χ2v) is 5.59. The highest BCUT2D eigenvalue weighted by molar-refractivity contribution is 5.89. The van der Waals surface area contributed by atoms with E-state index >= 15 is 0 Å². The van der Waals surface area contributed by atoms with Crippen LogP contribution in [-0.2, 0) is 14.3 Å². The molecule has 2 heterocycles. The van der Waals surface area contributed by atoms with Gasteiger partial charge in [0.25, 0.3) is 0 Å². The normalized spacial score (nSPS) is 31.3. The first-order valence-electron chi connectivity index (χ1n) is 7.15. The minimum absolute atomic E-state index is 0.0225. The Labute approximate surface area is 112 Å². The quantitative estimate of drug-likeness (QED) is 0.695. The van der Waals surface area contributed by atoms with Crippen molar-refractivity contribution >= 4 is 11.8 Å². The number of morpholine rings is 1. The van der Waals surface area contributed by atoms with Gasteiger partial charge in [-0.05, 0) is 25.8 Å². The molecule has 2 aliphatic heterocycles. The third-order valence-electron chi connectivity index (χ3n) is 4.05. The van der Waals surface area contributed by atoms with E-state index in [9.17, 15) is 9.59 Å². The molecule has 1 aliphatic carbocycles. The SMILES string of the molecule is O=C(NC1CC1)C1COCCN1C(=O)C1CCNC1. The van der Waals surface area contributed by atoms with Crippen LogP contribution >= 0.6 is 0 Å². The largest absolute Gasteiger partial charge is 0.377 e. The lowest BCUT2D eigenvalue weighted by molar-refractivity contribution is -0.151. The molecule has 0 spiro atoms. The van der Waals surface area contributed by atoms with E-state index < -0.39 is 6.04 Å². The van der Waals surface area contributed by atoms with E-state index in [1.165, 1.54) is 0 Å². The number of amides is 2. The van der Waals surface area contributed by atoms with Gasteiger partial charge in [0.05, 0.1) is 19.1 Å². The molecule has 106 valence electrons. The maximum atomic E-state index is 12.5. The number of carbonyl (C=O) groups excluding carboxylic acids is 2. The molecular formula is C13H21N3O3. The summed E-state index contributed by atoms with van der Waals surface area (Å²) in [6.07, 6.45) is 2.98. The van der Waals surface area contributed by atoms with Gasteiger partial charge in [-0.3, -0.25) is 9.59 Å². The van der Waals surface area contributed by atoms with Gasteiger partial charge in [0.2, 0.25) is 11.8 Å². The summed E-state index contributed by atoms with van der Waals surface area (Å²) in [6, 6.07) is -0.123. The Kier molecular flexibility index (Phi) is 3.70. The molecule has 0 aromatic carbocycles. The summed E-state index contributed by atoms with van der Waals surface area (Å²) in [5.41, 5.74) is 0. The summed E-state index contributed by atoms with van der Waals surface area (Å²) in [5, 5.41) is 6.17. The van der Waals surface area contributed by atoms with Crippen LogP contribution in [0.25, 0.3) is 0 Å². The van der Waals surface area contributed by atoms with Gasteiger partial charge in [0, 0.05) is 19.1 Å². The number of hydrogen-bond acceptors (Lipinski definition) is 4. The summed E-state index contributed by atoms with van der Waals surface area (Å²) < 4.78 is 5.38. The van der Waals surface area contributed by atoms with Crippen molar-refractivity contribution in [2.24, 2.45) is 5.92 Å². The molecule has 2 atom stereocenters. The van der Waals surface area contributed by atoms with Gasteiger partial charge in [-0.2, -0.15) is 0 Å². The summed E-state index contributed by atoms with van der Waals surface area (Å²) in [7, 11) is 0. The molecule has 19 heavy (non-hydrogen) atoms. The van der Waals surface area contributed by atoms with Gasteiger partial charge in [-0.1, -0.05) is 0 Å². The number of nitrogens with one attached hydrogen (secondary N) is 2. The first-order chi connectivity index (χ1) is 9.25. The van der Waals surface area contributed by atoms with Gasteiger partial charge in [0.15, 0.2) is 0 Å². The van der Waals surface area contributed by atoms with Crippen LogP contribution in [0.15, 0.2) is 0 Å². The highest BCUT2D eigenvalue weighted by atomic mass is 16.5. The van der Waals surface area contributed by atoms with E-state index in [-0.39, 0.29) is 17.7 Å². The number of carbonyl (C=O) groups is 2. The van der Waals surface area contributed by atoms with E-state index in [0.717, 1.165) is 32.4 Å². The summed E-state index contributed by atoms with van der Waals surface area (Å²) in [4.78, 5) is 26.4. The number of nitrogens with zero attached hydrogens (tertiary/aromatic N) is 1. The predicted octanol–water partition coefficient (Wildman–Crippen LogP) is -0.898. The van der Waals surface area contributed by atoms with Crippen LogP contribution in [0, 0.1) is 5.92 Å². The summed E-state index contributed by atoms with van der Waals surface area (Å²) in [6.45, 7) is 2.99. The molecule has 3 rings (SSSR count). The van der Waals surface area contributed by atoms with Crippen molar-refractivity contribution in [3.05, 3.63) is 0 Å². The van der Waals surface area contributed by atoms with Gasteiger partial charge in [-0.25, -0.2) is 0 Å². The lowest BCUT2D eigenvalue weighted by Crippen LogP contribution is -2.57. The van der Waals surface area contributed by atoms with E-state index in [1.54, 1.807) is 4.90 Å². The van der Waals surface area contributed by atoms with Gasteiger partial charge >= 0.3 is 0 Å². The topological polar surface area (TPSA) is 70.7 Å². The van der Waals surface area contributed by atoms with Crippen LogP contribution in [-0.4, -0.2) is 61.6 Å². The zero-order chi connectivity index (χ0) is 13.2. The molecule has 0 bridgehead atoms. The van der Waals surface area contributed by atoms with Gasteiger partial charge in [-0.15, -0.1) is 0 Å². The molecule has 6 heteroatoms. The molecule has 2 amide bonds. The molecule has 0 aromatic rings. The molecule has 3 fully saturated rings. The molecule has 0 aromatic heterocycles. The molecule has 1 saturated carbocycles. The van der Waals surface area contributed by atoms with Crippen LogP contribution in [0.3, 0.4) is 0 Å². The maximum Gasteiger partial charge on any atom is 0.245 e. The molecule has 2 saturated heterocycles. The number of ether oxygens (including phenoxy) is 1. The lowest BCUT2D eigenvalue weighted by Gasteiger charge is -2.36. The fourth-order valence-corrected chi connectivity index (χ4v) is 2.71. The second-order valence-electron chi connectivity index (χ2n) is 5.59. The second kappa shape index (κ2) is 5.46. The Morgan fingerprint density at radius 1 is 1.26 bits per heavy atom. The molecule has 6 nitrogen and oxygen atoms in total. The first kappa shape index (κ1) is 12.9. The zero-order valence-corrected chi connectivity index (χ0v) is 11.1. The van der Waals surface area contributed by atoms with Crippen molar-refractivity contribution in [2.75, 3.05) is 32.8 Å². The highest BCUT2D eigenvalue weighted by Crippen LogP contribution is 2.21. The Morgan fingerprint density at radius 3 is 2.79 bits per heavy atom. The van der Waals surface area contributed by atoms with E-state index in [0.29, 0.717) is 25.8 Å². The van der Waals surface area contributed by atoms with Crippen molar-refractivity contribution in [3.63, 3.8) is 0 Å². The fraction of sp³-hybridized carbons (Fsp3) is 0.846. The summed E-state index contributed by atoms with van der Waals surface area (Å²) >= 11 is 0. The predicted molar refractivity (Wildman–Crippen MR) is 68.5 cm³/mol. The molecule has 0 radical (unpaired) electrons. The van der Waals surface area contributed by atoms with Crippen LogP contribution < -0.4 is 10.6 Å². The molecular weight excluding hydrogens is 246 g/mol. The van der Waals surface area contributed by atoms with Crippen LogP contribution in [0.4, 0.5) is 0 Å². The number of hydrogen-bond donors (Lipinski definition) is 2. The maximum absolute atomic E-state index is 12.5. The van der Waals surface area contributed by atoms with E-state index in [4.69, 9.17) is 4.74 Å². The average molecular weight is 267 g/mol. The number of rotatable bonds is 3. The average Bonchev–Trinajstić information content (AvgIpc) is 3.08. The molecule has 2 unspecified atom stereocenters. The zero-order valence-electron chi connectivity index (χ0n) is 11.1. The minimum Gasteiger partial charge on any atom is -0.377 e. The Morgan fingerprint density at radius 2 is 2.11 bits per heavy atom. The lowest BCUT2D eigenvalue weighted by atomic mass is 10.1. The smallest absolute Gasteiger partial charge is 0.245 e. The molecule has 2 N–H and O–H groups in total. The third kappa shape index (κ3) is 2.90. The Balaban J connectivity index is 1.65. The van der Waals surface area contributed by atoms with Crippen molar-refractivity contribution < 1.29 is 14.3 Å². The Hall–Kier alpha value is -1.14. The minimum atomic E-state index is -0.442. The van der Waals surface area contributed by atoms with Crippen molar-refractivity contribution in [1.82, 2.24) is 15.5 Å². The standard InChI is InChI=1S/C13H21N3O3/c17-12(15-10-1-2-10)11-8-19-6-5-16(11)13(18)9-3-4-14-7-9/h9-11,14H,1-8H2,(H,15,17). The van der Waals surface area contributed by atoms with Crippen LogP contribution in [0.1, 0.15) is 19.3 Å². The van der Waals surface area contributed by atoms with Crippen molar-refractivity contribution in [1.29, 1.82) is 0 Å². The van der Waals surface area contributed by atoms with E-state index in [1.807, 2.05) is 0 Å². The van der Waals surface area contributed by atoms with Crippen molar-refractivity contribution in [3.8, 4) is 0 Å². The Bertz CT molecular complexity index is 364. The summed E-state index contributed by atoms with van der Waals surface area (Å²) in [5.74, 6) is 0.0695. The van der Waals surface area contributed by atoms with Crippen LogP contribution in [0.5, 0.6) is 0 Å². The van der Waals surface area contributed by atoms with Gasteiger partial charge in [0.1, 0.15) is 6.04 Å². The first-order valence-corrected chi connectivity index (χ1v) is 7.15. The fourth-order valence-electron chi connectivity index (χ4n) is 2.71. The van der Waals surface area contributed by atoms with Crippen LogP contribution in [0.2, 0.25) is 0 Å². The third-order valence-corrected chi connectivity index (χ3v) is 4.05. The van der Waals surface area contributed by atoms with Gasteiger partial charge < -0.3 is 20.3 Å².